The van der Waals surface area contributed by atoms with Gasteiger partial charge in [0.25, 0.3) is 0 Å². The lowest BCUT2D eigenvalue weighted by Crippen LogP contribution is -2.25. The number of rotatable bonds is 4. The molecular weight excluding hydrogens is 218 g/mol. The van der Waals surface area contributed by atoms with Crippen LogP contribution in [0.2, 0.25) is 0 Å². The quantitative estimate of drug-likeness (QED) is 0.763. The van der Waals surface area contributed by atoms with Gasteiger partial charge in [-0.05, 0) is 43.1 Å². The first-order valence-corrected chi connectivity index (χ1v) is 6.99. The molecule has 0 radical (unpaired) electrons. The summed E-state index contributed by atoms with van der Waals surface area (Å²) in [4.78, 5) is 2.30. The van der Waals surface area contributed by atoms with Gasteiger partial charge >= 0.3 is 0 Å². The van der Waals surface area contributed by atoms with Gasteiger partial charge in [-0.2, -0.15) is 0 Å². The van der Waals surface area contributed by atoms with Crippen LogP contribution in [0.1, 0.15) is 38.2 Å². The third-order valence-electron chi connectivity index (χ3n) is 4.48. The van der Waals surface area contributed by atoms with Gasteiger partial charge < -0.3 is 4.90 Å². The van der Waals surface area contributed by atoms with Crippen LogP contribution in [0.25, 0.3) is 0 Å². The minimum Gasteiger partial charge on any atom is -0.378 e. The fourth-order valence-electron chi connectivity index (χ4n) is 3.09. The number of hydrogen-bond acceptors (Lipinski definition) is 1. The molecule has 0 aromatic heterocycles. The van der Waals surface area contributed by atoms with E-state index in [1.165, 1.54) is 24.1 Å². The van der Waals surface area contributed by atoms with E-state index in [0.717, 1.165) is 24.3 Å². The van der Waals surface area contributed by atoms with E-state index in [4.69, 9.17) is 0 Å². The Morgan fingerprint density at radius 3 is 2.56 bits per heavy atom. The molecule has 1 fully saturated rings. The van der Waals surface area contributed by atoms with Crippen molar-refractivity contribution in [1.82, 2.24) is 4.90 Å². The maximum absolute atomic E-state index is 4.03. The fraction of sp³-hybridized carbons (Fsp3) is 0.529. The van der Waals surface area contributed by atoms with Gasteiger partial charge in [0.15, 0.2) is 0 Å². The summed E-state index contributed by atoms with van der Waals surface area (Å²) in [5.41, 5.74) is 2.69. The Hall–Kier alpha value is -1.24. The normalized spacial score (nSPS) is 27.2. The van der Waals surface area contributed by atoms with E-state index in [9.17, 15) is 0 Å². The number of hydrogen-bond donors (Lipinski definition) is 0. The molecule has 18 heavy (non-hydrogen) atoms. The third kappa shape index (κ3) is 2.95. The van der Waals surface area contributed by atoms with E-state index in [0.29, 0.717) is 0 Å². The highest BCUT2D eigenvalue weighted by Gasteiger charge is 2.32. The van der Waals surface area contributed by atoms with Crippen molar-refractivity contribution in [3.05, 3.63) is 48.2 Å². The molecule has 0 spiro atoms. The summed E-state index contributed by atoms with van der Waals surface area (Å²) >= 11 is 0. The van der Waals surface area contributed by atoms with Crippen molar-refractivity contribution in [3.63, 3.8) is 0 Å². The molecule has 0 N–H and O–H groups in total. The first kappa shape index (κ1) is 13.2. The van der Waals surface area contributed by atoms with E-state index in [2.05, 4.69) is 62.7 Å². The average Bonchev–Trinajstić information content (AvgIpc) is 2.72. The van der Waals surface area contributed by atoms with Gasteiger partial charge in [0, 0.05) is 19.3 Å². The van der Waals surface area contributed by atoms with Crippen molar-refractivity contribution < 1.29 is 0 Å². The predicted molar refractivity (Wildman–Crippen MR) is 78.5 cm³/mol. The van der Waals surface area contributed by atoms with Gasteiger partial charge in [-0.3, -0.25) is 0 Å². The largest absolute Gasteiger partial charge is 0.378 e. The van der Waals surface area contributed by atoms with Gasteiger partial charge in [0.05, 0.1) is 0 Å². The zero-order valence-electron chi connectivity index (χ0n) is 11.9. The molecular formula is C17H25N. The Bertz CT molecular complexity index is 395. The second kappa shape index (κ2) is 5.60. The molecule has 1 aromatic carbocycles. The van der Waals surface area contributed by atoms with Crippen LogP contribution in [0.15, 0.2) is 42.6 Å². The topological polar surface area (TPSA) is 3.24 Å². The molecule has 0 bridgehead atoms. The molecule has 98 valence electrons. The summed E-state index contributed by atoms with van der Waals surface area (Å²) in [6.45, 7) is 9.67. The summed E-state index contributed by atoms with van der Waals surface area (Å²) in [6, 6.07) is 11.0. The molecule has 1 saturated carbocycles. The zero-order valence-corrected chi connectivity index (χ0v) is 11.9. The summed E-state index contributed by atoms with van der Waals surface area (Å²) in [6.07, 6.45) is 2.65. The van der Waals surface area contributed by atoms with Crippen LogP contribution >= 0.6 is 0 Å². The van der Waals surface area contributed by atoms with Crippen molar-refractivity contribution in [3.8, 4) is 0 Å². The van der Waals surface area contributed by atoms with Gasteiger partial charge in [0.1, 0.15) is 0 Å². The summed E-state index contributed by atoms with van der Waals surface area (Å²) in [5.74, 6) is 2.37. The molecule has 3 unspecified atom stereocenters. The van der Waals surface area contributed by atoms with Crippen LogP contribution in [0, 0.1) is 11.8 Å². The number of benzene rings is 1. The van der Waals surface area contributed by atoms with Gasteiger partial charge in [-0.15, -0.1) is 0 Å². The highest BCUT2D eigenvalue weighted by Crippen LogP contribution is 2.42. The molecule has 0 heterocycles. The van der Waals surface area contributed by atoms with Crippen LogP contribution in [0.3, 0.4) is 0 Å². The molecule has 1 aliphatic rings. The Morgan fingerprint density at radius 2 is 1.94 bits per heavy atom. The van der Waals surface area contributed by atoms with Crippen molar-refractivity contribution in [2.24, 2.45) is 11.8 Å². The van der Waals surface area contributed by atoms with Gasteiger partial charge in [-0.1, -0.05) is 43.8 Å². The third-order valence-corrected chi connectivity index (χ3v) is 4.48. The minimum absolute atomic E-state index is 0.754. The van der Waals surface area contributed by atoms with Crippen LogP contribution in [-0.4, -0.2) is 18.5 Å². The van der Waals surface area contributed by atoms with E-state index < -0.39 is 0 Å². The van der Waals surface area contributed by atoms with Crippen molar-refractivity contribution >= 4 is 0 Å². The Kier molecular flexibility index (Phi) is 4.11. The zero-order chi connectivity index (χ0) is 13.1. The highest BCUT2D eigenvalue weighted by molar-refractivity contribution is 5.21. The second-order valence-corrected chi connectivity index (χ2v) is 5.93. The maximum atomic E-state index is 4.03. The molecule has 0 saturated heterocycles. The van der Waals surface area contributed by atoms with E-state index in [1.807, 2.05) is 0 Å². The van der Waals surface area contributed by atoms with Gasteiger partial charge in [-0.25, -0.2) is 0 Å². The summed E-state index contributed by atoms with van der Waals surface area (Å²) < 4.78 is 0. The van der Waals surface area contributed by atoms with E-state index in [-0.39, 0.29) is 0 Å². The van der Waals surface area contributed by atoms with Crippen LogP contribution in [0.5, 0.6) is 0 Å². The van der Waals surface area contributed by atoms with Gasteiger partial charge in [0.2, 0.25) is 0 Å². The summed E-state index contributed by atoms with van der Waals surface area (Å²) in [7, 11) is 2.16. The predicted octanol–water partition coefficient (Wildman–Crippen LogP) is 4.28. The monoisotopic (exact) mass is 243 g/mol. The second-order valence-electron chi connectivity index (χ2n) is 5.93. The Morgan fingerprint density at radius 1 is 1.28 bits per heavy atom. The Balaban J connectivity index is 1.99. The fourth-order valence-corrected chi connectivity index (χ4v) is 3.09. The van der Waals surface area contributed by atoms with Crippen LogP contribution < -0.4 is 0 Å². The Labute approximate surface area is 112 Å². The first-order chi connectivity index (χ1) is 8.58. The summed E-state index contributed by atoms with van der Waals surface area (Å²) in [5, 5.41) is 0. The van der Waals surface area contributed by atoms with Crippen molar-refractivity contribution in [2.75, 3.05) is 13.6 Å². The molecule has 1 nitrogen and oxygen atoms in total. The molecule has 3 atom stereocenters. The maximum Gasteiger partial charge on any atom is 0.0202 e. The standard InChI is InChI=1S/C17H25N/c1-13(2)18(4)12-17-11-16(10-14(17)3)15-8-6-5-7-9-15/h5-9,14,16-17H,1,10-12H2,2-4H3. The lowest BCUT2D eigenvalue weighted by atomic mass is 9.96. The first-order valence-electron chi connectivity index (χ1n) is 6.99. The molecule has 0 aliphatic heterocycles. The number of allylic oxidation sites excluding steroid dienone is 1. The smallest absolute Gasteiger partial charge is 0.0202 e. The highest BCUT2D eigenvalue weighted by atomic mass is 15.1. The molecule has 1 aromatic rings. The minimum atomic E-state index is 0.754. The molecule has 0 amide bonds. The SMILES string of the molecule is C=C(C)N(C)CC1CC(c2ccccc2)CC1C. The van der Waals surface area contributed by atoms with Crippen LogP contribution in [-0.2, 0) is 0 Å². The van der Waals surface area contributed by atoms with Crippen LogP contribution in [0.4, 0.5) is 0 Å². The average molecular weight is 243 g/mol. The lowest BCUT2D eigenvalue weighted by Gasteiger charge is -2.25. The molecule has 1 heteroatoms. The molecule has 1 aliphatic carbocycles. The number of nitrogens with zero attached hydrogens (tertiary/aromatic N) is 1. The lowest BCUT2D eigenvalue weighted by molar-refractivity contribution is 0.292. The van der Waals surface area contributed by atoms with Crippen molar-refractivity contribution in [2.45, 2.75) is 32.6 Å². The molecule has 2 rings (SSSR count). The van der Waals surface area contributed by atoms with E-state index in [1.54, 1.807) is 0 Å². The van der Waals surface area contributed by atoms with E-state index >= 15 is 0 Å². The van der Waals surface area contributed by atoms with Crippen molar-refractivity contribution in [1.29, 1.82) is 0 Å².